The number of thioether (sulfide) groups is 1. The van der Waals surface area contributed by atoms with Crippen LogP contribution in [0.1, 0.15) is 27.3 Å². The van der Waals surface area contributed by atoms with Crippen LogP contribution in [0.15, 0.2) is 36.5 Å². The second-order valence-electron chi connectivity index (χ2n) is 5.84. The molecule has 0 aliphatic carbocycles. The molecule has 0 spiro atoms. The van der Waals surface area contributed by atoms with Crippen LogP contribution in [-0.2, 0) is 9.53 Å². The second-order valence-corrected chi connectivity index (χ2v) is 7.24. The van der Waals surface area contributed by atoms with Crippen molar-refractivity contribution in [2.24, 2.45) is 0 Å². The first-order valence-electron chi connectivity index (χ1n) is 8.40. The number of non-ortho nitro benzene ring substituents is 1. The van der Waals surface area contributed by atoms with E-state index in [2.05, 4.69) is 10.3 Å². The van der Waals surface area contributed by atoms with Crippen LogP contribution in [0.5, 0.6) is 0 Å². The zero-order chi connectivity index (χ0) is 21.4. The maximum absolute atomic E-state index is 12.5. The number of nitro groups is 1. The van der Waals surface area contributed by atoms with Gasteiger partial charge in [0.2, 0.25) is 5.78 Å². The van der Waals surface area contributed by atoms with Crippen LogP contribution in [0.4, 0.5) is 5.69 Å². The molecule has 1 amide bonds. The number of rotatable bonds is 10. The quantitative estimate of drug-likeness (QED) is 0.252. The van der Waals surface area contributed by atoms with Gasteiger partial charge in [-0.05, 0) is 36.6 Å². The zero-order valence-electron chi connectivity index (χ0n) is 15.3. The molecule has 0 saturated carbocycles. The third kappa shape index (κ3) is 6.33. The lowest BCUT2D eigenvalue weighted by molar-refractivity contribution is -0.384. The molecule has 1 atom stereocenters. The van der Waals surface area contributed by atoms with Gasteiger partial charge in [0.15, 0.2) is 6.61 Å². The van der Waals surface area contributed by atoms with E-state index in [-0.39, 0.29) is 22.7 Å². The van der Waals surface area contributed by atoms with E-state index in [0.717, 1.165) is 12.1 Å². The van der Waals surface area contributed by atoms with Crippen molar-refractivity contribution in [3.63, 3.8) is 0 Å². The predicted molar refractivity (Wildman–Crippen MR) is 108 cm³/mol. The Kier molecular flexibility index (Phi) is 8.22. The van der Waals surface area contributed by atoms with E-state index >= 15 is 0 Å². The largest absolute Gasteiger partial charge is 0.456 e. The summed E-state index contributed by atoms with van der Waals surface area (Å²) in [7, 11) is 0. The van der Waals surface area contributed by atoms with Crippen LogP contribution in [0.25, 0.3) is 0 Å². The molecular formula is C18H18ClN3O6S. The number of carbonyl (C=O) groups is 3. The highest BCUT2D eigenvalue weighted by atomic mass is 35.5. The lowest BCUT2D eigenvalue weighted by Gasteiger charge is -2.17. The number of hydrogen-bond donors (Lipinski definition) is 2. The van der Waals surface area contributed by atoms with E-state index in [9.17, 15) is 24.5 Å². The first-order valence-corrected chi connectivity index (χ1v) is 10.2. The van der Waals surface area contributed by atoms with Crippen molar-refractivity contribution in [1.29, 1.82) is 0 Å². The summed E-state index contributed by atoms with van der Waals surface area (Å²) in [6.45, 7) is -0.469. The SMILES string of the molecule is CSCC[C@H](NC(=O)c1ccc([N+](=O)[O-])cc1Cl)C(=O)OCC(=O)c1ccc[nH]1. The van der Waals surface area contributed by atoms with Gasteiger partial charge in [-0.15, -0.1) is 0 Å². The molecule has 0 radical (unpaired) electrons. The number of aromatic nitrogens is 1. The van der Waals surface area contributed by atoms with Crippen molar-refractivity contribution in [1.82, 2.24) is 10.3 Å². The molecule has 2 N–H and O–H groups in total. The van der Waals surface area contributed by atoms with E-state index in [4.69, 9.17) is 16.3 Å². The molecule has 154 valence electrons. The van der Waals surface area contributed by atoms with Gasteiger partial charge < -0.3 is 15.0 Å². The molecular weight excluding hydrogens is 422 g/mol. The number of nitro benzene ring substituents is 1. The Balaban J connectivity index is 2.05. The van der Waals surface area contributed by atoms with Crippen LogP contribution in [0.3, 0.4) is 0 Å². The first kappa shape index (κ1) is 22.4. The molecule has 0 bridgehead atoms. The third-order valence-corrected chi connectivity index (χ3v) is 4.81. The summed E-state index contributed by atoms with van der Waals surface area (Å²) in [5.41, 5.74) is 0.0366. The van der Waals surface area contributed by atoms with Crippen LogP contribution < -0.4 is 5.32 Å². The lowest BCUT2D eigenvalue weighted by atomic mass is 10.1. The summed E-state index contributed by atoms with van der Waals surface area (Å²) in [5, 5.41) is 13.2. The number of nitrogens with one attached hydrogen (secondary N) is 2. The van der Waals surface area contributed by atoms with Crippen LogP contribution in [0, 0.1) is 10.1 Å². The average molecular weight is 440 g/mol. The fraction of sp³-hybridized carbons (Fsp3) is 0.278. The van der Waals surface area contributed by atoms with Crippen LogP contribution in [0.2, 0.25) is 5.02 Å². The number of H-pyrrole nitrogens is 1. The number of ether oxygens (including phenoxy) is 1. The minimum absolute atomic E-state index is 0.0123. The van der Waals surface area contributed by atoms with Crippen molar-refractivity contribution in [2.75, 3.05) is 18.6 Å². The molecule has 2 aromatic rings. The van der Waals surface area contributed by atoms with Crippen molar-refractivity contribution in [3.05, 3.63) is 62.9 Å². The highest BCUT2D eigenvalue weighted by Gasteiger charge is 2.25. The van der Waals surface area contributed by atoms with Gasteiger partial charge in [0, 0.05) is 18.3 Å². The zero-order valence-corrected chi connectivity index (χ0v) is 16.9. The summed E-state index contributed by atoms with van der Waals surface area (Å²) in [4.78, 5) is 49.7. The first-order chi connectivity index (χ1) is 13.8. The number of hydrogen-bond acceptors (Lipinski definition) is 7. The second kappa shape index (κ2) is 10.6. The number of Topliss-reactive ketones (excluding diaryl/α,β-unsaturated/α-hetero) is 1. The molecule has 0 aliphatic rings. The highest BCUT2D eigenvalue weighted by Crippen LogP contribution is 2.22. The molecule has 1 aromatic heterocycles. The van der Waals surface area contributed by atoms with Crippen molar-refractivity contribution >= 4 is 46.7 Å². The Morgan fingerprint density at radius 1 is 1.34 bits per heavy atom. The van der Waals surface area contributed by atoms with Gasteiger partial charge in [0.1, 0.15) is 6.04 Å². The van der Waals surface area contributed by atoms with E-state index in [1.807, 2.05) is 6.26 Å². The molecule has 0 fully saturated rings. The number of ketones is 1. The predicted octanol–water partition coefficient (Wildman–Crippen LogP) is 2.85. The number of benzene rings is 1. The Bertz CT molecular complexity index is 903. The molecule has 0 saturated heterocycles. The number of esters is 1. The summed E-state index contributed by atoms with van der Waals surface area (Å²) in [6.07, 6.45) is 3.68. The third-order valence-electron chi connectivity index (χ3n) is 3.85. The highest BCUT2D eigenvalue weighted by molar-refractivity contribution is 7.98. The van der Waals surface area contributed by atoms with Gasteiger partial charge in [0.25, 0.3) is 11.6 Å². The van der Waals surface area contributed by atoms with Crippen molar-refractivity contribution in [3.8, 4) is 0 Å². The number of carbonyl (C=O) groups excluding carboxylic acids is 3. The minimum atomic E-state index is -1.00. The minimum Gasteiger partial charge on any atom is -0.456 e. The molecule has 0 unspecified atom stereocenters. The van der Waals surface area contributed by atoms with Gasteiger partial charge >= 0.3 is 5.97 Å². The summed E-state index contributed by atoms with van der Waals surface area (Å²) < 4.78 is 5.05. The van der Waals surface area contributed by atoms with E-state index < -0.39 is 35.2 Å². The fourth-order valence-electron chi connectivity index (χ4n) is 2.34. The average Bonchev–Trinajstić information content (AvgIpc) is 3.23. The Morgan fingerprint density at radius 2 is 2.10 bits per heavy atom. The molecule has 9 nitrogen and oxygen atoms in total. The number of halogens is 1. The maximum atomic E-state index is 12.5. The number of amides is 1. The Hall–Kier alpha value is -2.85. The number of aromatic amines is 1. The van der Waals surface area contributed by atoms with Gasteiger partial charge in [-0.2, -0.15) is 11.8 Å². The Morgan fingerprint density at radius 3 is 2.69 bits per heavy atom. The topological polar surface area (TPSA) is 131 Å². The molecule has 11 heteroatoms. The van der Waals surface area contributed by atoms with E-state index in [1.165, 1.54) is 17.8 Å². The van der Waals surface area contributed by atoms with Crippen molar-refractivity contribution in [2.45, 2.75) is 12.5 Å². The van der Waals surface area contributed by atoms with Crippen molar-refractivity contribution < 1.29 is 24.0 Å². The van der Waals surface area contributed by atoms with Gasteiger partial charge in [-0.1, -0.05) is 11.6 Å². The fourth-order valence-corrected chi connectivity index (χ4v) is 3.07. The monoisotopic (exact) mass is 439 g/mol. The van der Waals surface area contributed by atoms with Gasteiger partial charge in [-0.25, -0.2) is 4.79 Å². The smallest absolute Gasteiger partial charge is 0.329 e. The summed E-state index contributed by atoms with van der Waals surface area (Å²) >= 11 is 7.43. The normalized spacial score (nSPS) is 11.5. The summed E-state index contributed by atoms with van der Waals surface area (Å²) in [5.74, 6) is -1.29. The maximum Gasteiger partial charge on any atom is 0.329 e. The van der Waals surface area contributed by atoms with E-state index in [1.54, 1.807) is 18.3 Å². The van der Waals surface area contributed by atoms with Crippen LogP contribution in [-0.4, -0.2) is 52.2 Å². The lowest BCUT2D eigenvalue weighted by Crippen LogP contribution is -2.42. The Labute approximate surface area is 175 Å². The van der Waals surface area contributed by atoms with Gasteiger partial charge in [0.05, 0.1) is 21.2 Å². The molecule has 29 heavy (non-hydrogen) atoms. The molecule has 1 aromatic carbocycles. The standard InChI is InChI=1S/C18H18ClN3O6S/c1-29-8-6-15(18(25)28-10-16(23)14-3-2-7-20-14)21-17(24)12-5-4-11(22(26)27)9-13(12)19/h2-5,7,9,15,20H,6,8,10H2,1H3,(H,21,24)/t15-/m0/s1. The van der Waals surface area contributed by atoms with Gasteiger partial charge in [-0.3, -0.25) is 19.7 Å². The molecule has 0 aliphatic heterocycles. The molecule has 1 heterocycles. The molecule has 2 rings (SSSR count). The number of nitrogens with zero attached hydrogens (tertiary/aromatic N) is 1. The van der Waals surface area contributed by atoms with Crippen LogP contribution >= 0.6 is 23.4 Å². The van der Waals surface area contributed by atoms with E-state index in [0.29, 0.717) is 11.4 Å². The summed E-state index contributed by atoms with van der Waals surface area (Å²) in [6, 6.07) is 5.61.